The third-order valence-electron chi connectivity index (χ3n) is 0.490. The molecule has 0 fully saturated rings. The molecule has 3 heteroatoms. The molecule has 0 atom stereocenters. The van der Waals surface area contributed by atoms with E-state index in [9.17, 15) is 0 Å². The second kappa shape index (κ2) is 1.01. The first-order valence-corrected chi connectivity index (χ1v) is 1.58. The highest BCUT2D eigenvalue weighted by Crippen LogP contribution is 1.72. The van der Waals surface area contributed by atoms with Gasteiger partial charge in [-0.25, -0.2) is 0 Å². The summed E-state index contributed by atoms with van der Waals surface area (Å²) < 4.78 is 0. The maximum absolute atomic E-state index is 8.28. The average molecular weight is 86.1 g/mol. The van der Waals surface area contributed by atoms with Crippen molar-refractivity contribution < 1.29 is 5.21 Å². The maximum Gasteiger partial charge on any atom is 0.0664 e. The molecule has 6 heavy (non-hydrogen) atoms. The molecule has 0 saturated carbocycles. The maximum atomic E-state index is 8.28. The van der Waals surface area contributed by atoms with Crippen LogP contribution in [0.5, 0.6) is 0 Å². The molecule has 0 radical (unpaired) electrons. The van der Waals surface area contributed by atoms with E-state index in [4.69, 9.17) is 5.21 Å². The molecule has 0 bridgehead atoms. The Morgan fingerprint density at radius 2 is 2.50 bits per heavy atom. The van der Waals surface area contributed by atoms with Crippen LogP contribution in [0.4, 0.5) is 0 Å². The number of aromatic nitrogens is 2. The summed E-state index contributed by atoms with van der Waals surface area (Å²) in [5.41, 5.74) is 0. The Hall–Kier alpha value is -0.990. The largest absolute Gasteiger partial charge is 0.412 e. The van der Waals surface area contributed by atoms with Crippen molar-refractivity contribution in [1.29, 1.82) is 0 Å². The van der Waals surface area contributed by atoms with Crippen LogP contribution < -0.4 is 0 Å². The number of rotatable bonds is 0. The minimum atomic E-state index is 0.750. The van der Waals surface area contributed by atoms with Crippen LogP contribution in [-0.2, 0) is 0 Å². The summed E-state index contributed by atoms with van der Waals surface area (Å²) in [6.07, 6.45) is 2.94. The van der Waals surface area contributed by atoms with Gasteiger partial charge >= 0.3 is 0 Å². The Labute approximate surface area is 34.8 Å². The lowest BCUT2D eigenvalue weighted by Gasteiger charge is -1.76. The first kappa shape index (κ1) is 3.21. The van der Waals surface area contributed by atoms with E-state index in [0.717, 1.165) is 4.85 Å². The zero-order valence-corrected chi connectivity index (χ0v) is 3.07. The fourth-order valence-corrected chi connectivity index (χ4v) is 0.261. The van der Waals surface area contributed by atoms with E-state index < -0.39 is 0 Å². The van der Waals surface area contributed by atoms with Crippen molar-refractivity contribution >= 4 is 0 Å². The number of hydrogen-bond donors (Lipinski definition) is 1. The number of nitrogens with zero attached hydrogens (tertiary/aromatic N) is 2. The highest BCUT2D eigenvalue weighted by atomic mass is 16.8. The highest BCUT2D eigenvalue weighted by molar-refractivity contribution is 4.74. The second-order valence-electron chi connectivity index (χ2n) is 0.926. The third-order valence-corrected chi connectivity index (χ3v) is 0.490. The van der Waals surface area contributed by atoms with Gasteiger partial charge in [0.25, 0.3) is 0 Å². The average Bonchev–Trinajstić information content (AvgIpc) is 1.86. The summed E-state index contributed by atoms with van der Waals surface area (Å²) in [4.78, 5) is 0.750. The van der Waals surface area contributed by atoms with Crippen LogP contribution >= 0.6 is 0 Å². The Kier molecular flexibility index (Phi) is 0.538. The molecule has 3 nitrogen and oxygen atoms in total. The van der Waals surface area contributed by atoms with E-state index in [2.05, 4.69) is 5.10 Å². The van der Waals surface area contributed by atoms with E-state index >= 15 is 0 Å². The molecule has 1 rings (SSSR count). The van der Waals surface area contributed by atoms with Gasteiger partial charge in [0.15, 0.2) is 0 Å². The third kappa shape index (κ3) is 0.337. The Morgan fingerprint density at radius 1 is 1.67 bits per heavy atom. The van der Waals surface area contributed by atoms with Gasteiger partial charge in [-0.1, -0.05) is 0 Å². The van der Waals surface area contributed by atoms with E-state index in [1.165, 1.54) is 12.4 Å². The standard InChI is InChI=1S/C3H4N2O/c6-5-3-1-2-4-5/h1-3,6H/i4+1,5+1. The zero-order valence-electron chi connectivity index (χ0n) is 3.07. The van der Waals surface area contributed by atoms with Gasteiger partial charge in [0.1, 0.15) is 0 Å². The van der Waals surface area contributed by atoms with Crippen LogP contribution in [0.2, 0.25) is 0 Å². The summed E-state index contributed by atoms with van der Waals surface area (Å²) in [5, 5.41) is 11.7. The zero-order chi connectivity index (χ0) is 4.41. The molecule has 32 valence electrons. The monoisotopic (exact) mass is 86.0 g/mol. The molecule has 0 spiro atoms. The lowest BCUT2D eigenvalue weighted by Crippen LogP contribution is -1.86. The minimum Gasteiger partial charge on any atom is -0.412 e. The van der Waals surface area contributed by atoms with Crippen molar-refractivity contribution in [2.75, 3.05) is 0 Å². The molecule has 1 N–H and O–H groups in total. The SMILES string of the molecule is O[15n]1ccc[15n]1. The van der Waals surface area contributed by atoms with E-state index in [0.29, 0.717) is 0 Å². The molecule has 0 aliphatic heterocycles. The van der Waals surface area contributed by atoms with E-state index in [-0.39, 0.29) is 0 Å². The summed E-state index contributed by atoms with van der Waals surface area (Å²) in [7, 11) is 0. The first-order chi connectivity index (χ1) is 2.89. The van der Waals surface area contributed by atoms with Crippen LogP contribution in [-0.4, -0.2) is 15.2 Å². The molecule has 0 aromatic carbocycles. The smallest absolute Gasteiger partial charge is 0.0664 e. The summed E-state index contributed by atoms with van der Waals surface area (Å²) in [5.74, 6) is 0. The van der Waals surface area contributed by atoms with Gasteiger partial charge in [-0.3, -0.25) is 0 Å². The predicted molar refractivity (Wildman–Crippen MR) is 19.4 cm³/mol. The topological polar surface area (TPSA) is 38.0 Å². The fraction of sp³-hybridized carbons (Fsp3) is 0. The normalized spacial score (nSPS) is 8.67. The van der Waals surface area contributed by atoms with Gasteiger partial charge < -0.3 is 5.21 Å². The molecule has 0 aliphatic rings. The number of hydrogen-bond acceptors (Lipinski definition) is 2. The van der Waals surface area contributed by atoms with Crippen LogP contribution in [0.25, 0.3) is 0 Å². The Bertz CT molecular complexity index is 112. The first-order valence-electron chi connectivity index (χ1n) is 1.58. The summed E-state index contributed by atoms with van der Waals surface area (Å²) >= 11 is 0. The van der Waals surface area contributed by atoms with Gasteiger partial charge in [-0.05, 0) is 6.07 Å². The Balaban J connectivity index is 3.05. The molecule has 0 amide bonds. The molecule has 1 heterocycles. The van der Waals surface area contributed by atoms with Crippen LogP contribution in [0.1, 0.15) is 0 Å². The van der Waals surface area contributed by atoms with E-state index in [1.54, 1.807) is 6.07 Å². The van der Waals surface area contributed by atoms with Gasteiger partial charge in [0.05, 0.1) is 12.4 Å². The van der Waals surface area contributed by atoms with Gasteiger partial charge in [0.2, 0.25) is 0 Å². The molecule has 0 unspecified atom stereocenters. The lowest BCUT2D eigenvalue weighted by molar-refractivity contribution is 0.149. The summed E-state index contributed by atoms with van der Waals surface area (Å²) in [6.45, 7) is 0. The predicted octanol–water partition coefficient (Wildman–Crippen LogP) is 0.120. The van der Waals surface area contributed by atoms with Gasteiger partial charge in [-0.15, -0.1) is 9.94 Å². The van der Waals surface area contributed by atoms with Crippen molar-refractivity contribution in [3.63, 3.8) is 0 Å². The fourth-order valence-electron chi connectivity index (χ4n) is 0.261. The molecular formula is C3H4N2O. The lowest BCUT2D eigenvalue weighted by atomic mass is 10.8. The molecule has 1 aromatic rings. The molecule has 1 aromatic heterocycles. The van der Waals surface area contributed by atoms with Crippen molar-refractivity contribution in [2.45, 2.75) is 0 Å². The van der Waals surface area contributed by atoms with Crippen molar-refractivity contribution in [3.8, 4) is 0 Å². The van der Waals surface area contributed by atoms with Crippen LogP contribution in [0.3, 0.4) is 0 Å². The van der Waals surface area contributed by atoms with Gasteiger partial charge in [-0.2, -0.15) is 0 Å². The second-order valence-corrected chi connectivity index (χ2v) is 0.926. The summed E-state index contributed by atoms with van der Waals surface area (Å²) in [6, 6.07) is 1.64. The van der Waals surface area contributed by atoms with E-state index in [1.807, 2.05) is 0 Å². The van der Waals surface area contributed by atoms with Crippen molar-refractivity contribution in [1.82, 2.24) is 9.94 Å². The quantitative estimate of drug-likeness (QED) is 0.455. The molecule has 0 aliphatic carbocycles. The minimum absolute atomic E-state index is 0.750. The molecular weight excluding hydrogens is 82.0 g/mol. The van der Waals surface area contributed by atoms with Crippen molar-refractivity contribution in [2.24, 2.45) is 0 Å². The van der Waals surface area contributed by atoms with Crippen LogP contribution in [0.15, 0.2) is 18.5 Å². The Morgan fingerprint density at radius 3 is 2.67 bits per heavy atom. The van der Waals surface area contributed by atoms with Crippen LogP contribution in [0, 0.1) is 0 Å². The van der Waals surface area contributed by atoms with Crippen molar-refractivity contribution in [3.05, 3.63) is 18.5 Å². The van der Waals surface area contributed by atoms with Gasteiger partial charge in [0, 0.05) is 0 Å². The highest BCUT2D eigenvalue weighted by Gasteiger charge is 1.71. The molecule has 0 saturated heterocycles.